The average Bonchev–Trinajstić information content (AvgIpc) is 2.95. The molecule has 0 aromatic carbocycles. The predicted molar refractivity (Wildman–Crippen MR) is 73.6 cm³/mol. The van der Waals surface area contributed by atoms with Crippen molar-refractivity contribution in [2.45, 2.75) is 45.3 Å². The zero-order chi connectivity index (χ0) is 12.1. The van der Waals surface area contributed by atoms with Gasteiger partial charge in [-0.3, -0.25) is 0 Å². The SMILES string of the molecule is CCNC(CCc1cccs1)C1CCOC1C. The second kappa shape index (κ2) is 6.53. The lowest BCUT2D eigenvalue weighted by Crippen LogP contribution is -2.39. The molecule has 2 rings (SSSR count). The van der Waals surface area contributed by atoms with Crippen molar-refractivity contribution in [3.63, 3.8) is 0 Å². The Hall–Kier alpha value is -0.380. The molecular weight excluding hydrogens is 230 g/mol. The first kappa shape index (κ1) is 13.1. The van der Waals surface area contributed by atoms with Crippen LogP contribution < -0.4 is 5.32 Å². The molecule has 2 nitrogen and oxygen atoms in total. The number of rotatable bonds is 6. The van der Waals surface area contributed by atoms with Crippen LogP contribution in [-0.4, -0.2) is 25.3 Å². The molecule has 17 heavy (non-hydrogen) atoms. The van der Waals surface area contributed by atoms with Crippen LogP contribution in [-0.2, 0) is 11.2 Å². The van der Waals surface area contributed by atoms with Gasteiger partial charge < -0.3 is 10.1 Å². The van der Waals surface area contributed by atoms with Crippen LogP contribution in [0.2, 0.25) is 0 Å². The Morgan fingerprint density at radius 1 is 1.59 bits per heavy atom. The van der Waals surface area contributed by atoms with Crippen molar-refractivity contribution in [2.24, 2.45) is 5.92 Å². The van der Waals surface area contributed by atoms with E-state index in [0.717, 1.165) is 13.2 Å². The Bertz CT molecular complexity index is 312. The van der Waals surface area contributed by atoms with Crippen molar-refractivity contribution in [1.82, 2.24) is 5.32 Å². The van der Waals surface area contributed by atoms with Crippen LogP contribution in [0.4, 0.5) is 0 Å². The summed E-state index contributed by atoms with van der Waals surface area (Å²) in [5.74, 6) is 0.690. The van der Waals surface area contributed by atoms with Crippen molar-refractivity contribution >= 4 is 11.3 Å². The van der Waals surface area contributed by atoms with Crippen LogP contribution in [0.3, 0.4) is 0 Å². The molecule has 0 bridgehead atoms. The Morgan fingerprint density at radius 3 is 3.06 bits per heavy atom. The van der Waals surface area contributed by atoms with E-state index in [-0.39, 0.29) is 0 Å². The van der Waals surface area contributed by atoms with E-state index in [1.165, 1.54) is 24.1 Å². The Kier molecular flexibility index (Phi) is 5.01. The number of aryl methyl sites for hydroxylation is 1. The summed E-state index contributed by atoms with van der Waals surface area (Å²) in [5.41, 5.74) is 0. The highest BCUT2D eigenvalue weighted by Gasteiger charge is 2.30. The Labute approximate surface area is 108 Å². The first-order valence-electron chi connectivity index (χ1n) is 6.68. The highest BCUT2D eigenvalue weighted by molar-refractivity contribution is 7.09. The smallest absolute Gasteiger partial charge is 0.0590 e. The average molecular weight is 253 g/mol. The molecule has 1 aliphatic rings. The molecule has 0 radical (unpaired) electrons. The highest BCUT2D eigenvalue weighted by atomic mass is 32.1. The molecule has 0 aliphatic carbocycles. The molecule has 0 saturated carbocycles. The van der Waals surface area contributed by atoms with Gasteiger partial charge in [-0.15, -0.1) is 11.3 Å². The summed E-state index contributed by atoms with van der Waals surface area (Å²) in [6.45, 7) is 6.40. The molecule has 0 amide bonds. The minimum absolute atomic E-state index is 0.419. The summed E-state index contributed by atoms with van der Waals surface area (Å²) in [7, 11) is 0. The van der Waals surface area contributed by atoms with Gasteiger partial charge in [0.1, 0.15) is 0 Å². The third-order valence-electron chi connectivity index (χ3n) is 3.70. The van der Waals surface area contributed by atoms with Crippen LogP contribution in [0.5, 0.6) is 0 Å². The quantitative estimate of drug-likeness (QED) is 0.841. The fourth-order valence-corrected chi connectivity index (χ4v) is 3.48. The van der Waals surface area contributed by atoms with Gasteiger partial charge in [0.25, 0.3) is 0 Å². The topological polar surface area (TPSA) is 21.3 Å². The van der Waals surface area contributed by atoms with Gasteiger partial charge in [-0.2, -0.15) is 0 Å². The predicted octanol–water partition coefficient (Wildman–Crippen LogP) is 3.08. The van der Waals surface area contributed by atoms with E-state index in [1.54, 1.807) is 0 Å². The summed E-state index contributed by atoms with van der Waals surface area (Å²) >= 11 is 1.87. The maximum Gasteiger partial charge on any atom is 0.0590 e. The van der Waals surface area contributed by atoms with Gasteiger partial charge in [0.05, 0.1) is 6.10 Å². The third-order valence-corrected chi connectivity index (χ3v) is 4.64. The van der Waals surface area contributed by atoms with Gasteiger partial charge in [-0.05, 0) is 44.2 Å². The lowest BCUT2D eigenvalue weighted by atomic mass is 9.90. The molecule has 0 spiro atoms. The number of thiophene rings is 1. The van der Waals surface area contributed by atoms with E-state index >= 15 is 0 Å². The molecule has 1 aromatic rings. The Balaban J connectivity index is 1.88. The van der Waals surface area contributed by atoms with E-state index in [4.69, 9.17) is 4.74 Å². The molecule has 1 aliphatic heterocycles. The zero-order valence-electron chi connectivity index (χ0n) is 10.8. The van der Waals surface area contributed by atoms with Crippen LogP contribution in [0.15, 0.2) is 17.5 Å². The highest BCUT2D eigenvalue weighted by Crippen LogP contribution is 2.26. The van der Waals surface area contributed by atoms with E-state index in [1.807, 2.05) is 11.3 Å². The van der Waals surface area contributed by atoms with E-state index < -0.39 is 0 Å². The molecule has 2 heterocycles. The molecule has 1 saturated heterocycles. The summed E-state index contributed by atoms with van der Waals surface area (Å²) in [4.78, 5) is 1.50. The van der Waals surface area contributed by atoms with Crippen molar-refractivity contribution in [1.29, 1.82) is 0 Å². The maximum atomic E-state index is 5.69. The summed E-state index contributed by atoms with van der Waals surface area (Å²) in [5, 5.41) is 5.81. The van der Waals surface area contributed by atoms with Gasteiger partial charge in [0.2, 0.25) is 0 Å². The molecule has 96 valence electrons. The largest absolute Gasteiger partial charge is 0.378 e. The normalized spacial score (nSPS) is 26.2. The van der Waals surface area contributed by atoms with Gasteiger partial charge in [0, 0.05) is 23.4 Å². The van der Waals surface area contributed by atoms with Crippen LogP contribution in [0.1, 0.15) is 31.6 Å². The fraction of sp³-hybridized carbons (Fsp3) is 0.714. The van der Waals surface area contributed by atoms with Gasteiger partial charge in [-0.1, -0.05) is 13.0 Å². The van der Waals surface area contributed by atoms with E-state index in [2.05, 4.69) is 36.7 Å². The Morgan fingerprint density at radius 2 is 2.47 bits per heavy atom. The van der Waals surface area contributed by atoms with E-state index in [9.17, 15) is 0 Å². The molecular formula is C14H23NOS. The van der Waals surface area contributed by atoms with E-state index in [0.29, 0.717) is 18.1 Å². The zero-order valence-corrected chi connectivity index (χ0v) is 11.6. The molecule has 3 unspecified atom stereocenters. The third kappa shape index (κ3) is 3.54. The summed E-state index contributed by atoms with van der Waals surface area (Å²) < 4.78 is 5.69. The molecule has 3 heteroatoms. The van der Waals surface area contributed by atoms with Crippen molar-refractivity contribution < 1.29 is 4.74 Å². The van der Waals surface area contributed by atoms with Crippen LogP contribution in [0, 0.1) is 5.92 Å². The minimum atomic E-state index is 0.419. The maximum absolute atomic E-state index is 5.69. The van der Waals surface area contributed by atoms with Gasteiger partial charge >= 0.3 is 0 Å². The van der Waals surface area contributed by atoms with Gasteiger partial charge in [-0.25, -0.2) is 0 Å². The molecule has 1 aromatic heterocycles. The minimum Gasteiger partial charge on any atom is -0.378 e. The lowest BCUT2D eigenvalue weighted by molar-refractivity contribution is 0.0945. The monoisotopic (exact) mass is 253 g/mol. The van der Waals surface area contributed by atoms with Gasteiger partial charge in [0.15, 0.2) is 0 Å². The lowest BCUT2D eigenvalue weighted by Gasteiger charge is -2.26. The number of ether oxygens (including phenoxy) is 1. The van der Waals surface area contributed by atoms with Crippen LogP contribution >= 0.6 is 11.3 Å². The second-order valence-electron chi connectivity index (χ2n) is 4.81. The summed E-state index contributed by atoms with van der Waals surface area (Å²) in [6, 6.07) is 4.99. The standard InChI is InChI=1S/C14H23NOS/c1-3-15-14(13-8-9-16-11(13)2)7-6-12-5-4-10-17-12/h4-5,10-11,13-15H,3,6-9H2,1-2H3. The fourth-order valence-electron chi connectivity index (χ4n) is 2.76. The van der Waals surface area contributed by atoms with Crippen molar-refractivity contribution in [2.75, 3.05) is 13.2 Å². The van der Waals surface area contributed by atoms with Crippen molar-refractivity contribution in [3.05, 3.63) is 22.4 Å². The van der Waals surface area contributed by atoms with Crippen LogP contribution in [0.25, 0.3) is 0 Å². The first-order chi connectivity index (χ1) is 8.31. The number of nitrogens with one attached hydrogen (secondary N) is 1. The summed E-state index contributed by atoms with van der Waals surface area (Å²) in [6.07, 6.45) is 4.05. The molecule has 1 fully saturated rings. The number of hydrogen-bond acceptors (Lipinski definition) is 3. The first-order valence-corrected chi connectivity index (χ1v) is 7.56. The molecule has 1 N–H and O–H groups in total. The second-order valence-corrected chi connectivity index (χ2v) is 5.84. The van der Waals surface area contributed by atoms with Crippen molar-refractivity contribution in [3.8, 4) is 0 Å². The number of hydrogen-bond donors (Lipinski definition) is 1. The molecule has 3 atom stereocenters.